The summed E-state index contributed by atoms with van der Waals surface area (Å²) in [5.74, 6) is 0.208. The van der Waals surface area contributed by atoms with Gasteiger partial charge in [0.1, 0.15) is 0 Å². The van der Waals surface area contributed by atoms with Crippen molar-refractivity contribution in [2.75, 3.05) is 0 Å². The van der Waals surface area contributed by atoms with E-state index in [2.05, 4.69) is 83.1 Å². The van der Waals surface area contributed by atoms with Crippen LogP contribution in [0.25, 0.3) is 0 Å². The molecule has 0 aliphatic heterocycles. The first kappa shape index (κ1) is 18.7. The third-order valence-electron chi connectivity index (χ3n) is 4.92. The van der Waals surface area contributed by atoms with Crippen molar-refractivity contribution in [1.29, 1.82) is 0 Å². The van der Waals surface area contributed by atoms with Gasteiger partial charge < -0.3 is 5.11 Å². The average molecular weight is 295 g/mol. The minimum Gasteiger partial charge on any atom is -0.384 e. The molecule has 0 aromatic heterocycles. The Morgan fingerprint density at radius 2 is 1.10 bits per heavy atom. The van der Waals surface area contributed by atoms with Crippen LogP contribution in [-0.2, 0) is 0 Å². The van der Waals surface area contributed by atoms with Crippen LogP contribution in [0.2, 0.25) is 0 Å². The molecule has 2 atom stereocenters. The Labute approximate surface area is 133 Å². The van der Waals surface area contributed by atoms with E-state index in [1.165, 1.54) is 11.1 Å². The fraction of sp³-hybridized carbons (Fsp3) is 0.900. The molecule has 0 spiro atoms. The van der Waals surface area contributed by atoms with Gasteiger partial charge in [0.2, 0.25) is 0 Å². The summed E-state index contributed by atoms with van der Waals surface area (Å²) in [5, 5.41) is 11.8. The lowest BCUT2D eigenvalue weighted by Crippen LogP contribution is -2.66. The second-order valence-electron chi connectivity index (χ2n) is 11.1. The van der Waals surface area contributed by atoms with Crippen LogP contribution < -0.4 is 0 Å². The zero-order valence-electron chi connectivity index (χ0n) is 16.5. The van der Waals surface area contributed by atoms with Crippen molar-refractivity contribution in [3.63, 3.8) is 0 Å². The highest BCUT2D eigenvalue weighted by Gasteiger charge is 2.65. The van der Waals surface area contributed by atoms with Crippen LogP contribution in [0.3, 0.4) is 0 Å². The van der Waals surface area contributed by atoms with Crippen molar-refractivity contribution < 1.29 is 5.11 Å². The molecule has 1 N–H and O–H groups in total. The molecular formula is C20H38O. The topological polar surface area (TPSA) is 20.2 Å². The molecule has 1 aliphatic carbocycles. The molecule has 124 valence electrons. The van der Waals surface area contributed by atoms with Gasteiger partial charge in [-0.25, -0.2) is 0 Å². The van der Waals surface area contributed by atoms with Crippen molar-refractivity contribution in [2.45, 2.75) is 88.7 Å². The highest BCUT2D eigenvalue weighted by Crippen LogP contribution is 2.67. The lowest BCUT2D eigenvalue weighted by Gasteiger charge is -2.66. The van der Waals surface area contributed by atoms with Crippen LogP contribution in [0.15, 0.2) is 11.1 Å². The molecule has 0 radical (unpaired) electrons. The van der Waals surface area contributed by atoms with Gasteiger partial charge in [0.05, 0.1) is 5.60 Å². The smallest absolute Gasteiger partial charge is 0.0982 e. The Balaban J connectivity index is 3.76. The van der Waals surface area contributed by atoms with E-state index >= 15 is 0 Å². The summed E-state index contributed by atoms with van der Waals surface area (Å²) < 4.78 is 0. The zero-order valence-corrected chi connectivity index (χ0v) is 16.5. The first-order chi connectivity index (χ1) is 8.86. The number of aliphatic hydroxyl groups is 1. The Kier molecular flexibility index (Phi) is 4.11. The summed E-state index contributed by atoms with van der Waals surface area (Å²) in [4.78, 5) is 0. The van der Waals surface area contributed by atoms with Crippen molar-refractivity contribution in [1.82, 2.24) is 0 Å². The van der Waals surface area contributed by atoms with Gasteiger partial charge in [-0.2, -0.15) is 0 Å². The van der Waals surface area contributed by atoms with Crippen LogP contribution in [-0.4, -0.2) is 10.7 Å². The molecule has 21 heavy (non-hydrogen) atoms. The van der Waals surface area contributed by atoms with Crippen LogP contribution in [0, 0.1) is 27.6 Å². The summed E-state index contributed by atoms with van der Waals surface area (Å²) in [7, 11) is 0. The third kappa shape index (κ3) is 2.83. The quantitative estimate of drug-likeness (QED) is 0.557. The molecule has 0 bridgehead atoms. The summed E-state index contributed by atoms with van der Waals surface area (Å²) in [6.45, 7) is 26.9. The van der Waals surface area contributed by atoms with Gasteiger partial charge in [-0.05, 0) is 27.2 Å². The summed E-state index contributed by atoms with van der Waals surface area (Å²) in [6, 6.07) is 0. The molecule has 0 saturated carbocycles. The van der Waals surface area contributed by atoms with Crippen LogP contribution in [0.5, 0.6) is 0 Å². The summed E-state index contributed by atoms with van der Waals surface area (Å²) in [6.07, 6.45) is 0. The number of hydrogen-bond acceptors (Lipinski definition) is 1. The lowest BCUT2D eigenvalue weighted by atomic mass is 9.41. The molecule has 1 heteroatoms. The van der Waals surface area contributed by atoms with Gasteiger partial charge in [-0.1, -0.05) is 88.7 Å². The number of hydrogen-bond donors (Lipinski definition) is 1. The van der Waals surface area contributed by atoms with Crippen LogP contribution in [0.4, 0.5) is 0 Å². The minimum absolute atomic E-state index is 0.00755. The predicted octanol–water partition coefficient (Wildman–Crippen LogP) is 5.83. The first-order valence-corrected chi connectivity index (χ1v) is 8.34. The summed E-state index contributed by atoms with van der Waals surface area (Å²) in [5.41, 5.74) is 1.99. The highest BCUT2D eigenvalue weighted by molar-refractivity contribution is 5.49. The molecule has 0 aromatic rings. The van der Waals surface area contributed by atoms with Gasteiger partial charge in [-0.3, -0.25) is 0 Å². The predicted molar refractivity (Wildman–Crippen MR) is 93.3 cm³/mol. The molecule has 1 nitrogen and oxygen atoms in total. The molecule has 1 aliphatic rings. The molecule has 0 amide bonds. The van der Waals surface area contributed by atoms with E-state index in [0.717, 1.165) is 0 Å². The summed E-state index contributed by atoms with van der Waals surface area (Å²) >= 11 is 0. The first-order valence-electron chi connectivity index (χ1n) is 8.34. The lowest BCUT2D eigenvalue weighted by molar-refractivity contribution is -0.138. The molecule has 0 heterocycles. The zero-order chi connectivity index (χ0) is 17.2. The Hall–Kier alpha value is -0.300. The molecule has 1 rings (SSSR count). The Morgan fingerprint density at radius 3 is 1.29 bits per heavy atom. The minimum atomic E-state index is -0.730. The maximum Gasteiger partial charge on any atom is 0.0982 e. The largest absolute Gasteiger partial charge is 0.384 e. The van der Waals surface area contributed by atoms with Gasteiger partial charge in [0, 0.05) is 5.92 Å². The maximum atomic E-state index is 11.8. The van der Waals surface area contributed by atoms with Crippen LogP contribution in [0.1, 0.15) is 83.1 Å². The normalized spacial score (nSPS) is 28.7. The van der Waals surface area contributed by atoms with E-state index in [9.17, 15) is 5.11 Å². The maximum absolute atomic E-state index is 11.8. The number of rotatable bonds is 0. The van der Waals surface area contributed by atoms with Crippen molar-refractivity contribution in [3.8, 4) is 0 Å². The standard InChI is InChI=1S/C20H38O/c1-16(2,3)13-14(17(4,5)6)20(21,19(10,11)12)15(13)18(7,8)9/h14,21H,1-12H3. The van der Waals surface area contributed by atoms with E-state index < -0.39 is 5.60 Å². The van der Waals surface area contributed by atoms with E-state index in [4.69, 9.17) is 0 Å². The fourth-order valence-electron chi connectivity index (χ4n) is 4.28. The van der Waals surface area contributed by atoms with Crippen molar-refractivity contribution in [3.05, 3.63) is 11.1 Å². The Morgan fingerprint density at radius 1 is 0.714 bits per heavy atom. The molecule has 0 fully saturated rings. The Bertz CT molecular complexity index is 440. The second kappa shape index (κ2) is 4.60. The molecule has 0 aromatic carbocycles. The van der Waals surface area contributed by atoms with Gasteiger partial charge >= 0.3 is 0 Å². The van der Waals surface area contributed by atoms with Crippen molar-refractivity contribution >= 4 is 0 Å². The van der Waals surface area contributed by atoms with E-state index in [1.807, 2.05) is 0 Å². The monoisotopic (exact) mass is 294 g/mol. The van der Waals surface area contributed by atoms with E-state index in [0.29, 0.717) is 0 Å². The van der Waals surface area contributed by atoms with E-state index in [-0.39, 0.29) is 27.6 Å². The second-order valence-corrected chi connectivity index (χ2v) is 11.1. The average Bonchev–Trinajstić information content (AvgIpc) is 2.03. The molecule has 2 unspecified atom stereocenters. The molecule has 0 saturated heterocycles. The molecular weight excluding hydrogens is 256 g/mol. The fourth-order valence-corrected chi connectivity index (χ4v) is 4.28. The van der Waals surface area contributed by atoms with E-state index in [1.54, 1.807) is 0 Å². The SMILES string of the molecule is CC(C)(C)C1=C(C(C)(C)C)C(O)(C(C)(C)C)C1C(C)(C)C. The van der Waals surface area contributed by atoms with Crippen LogP contribution >= 0.6 is 0 Å². The van der Waals surface area contributed by atoms with Crippen molar-refractivity contribution in [2.24, 2.45) is 27.6 Å². The van der Waals surface area contributed by atoms with Gasteiger partial charge in [0.15, 0.2) is 0 Å². The third-order valence-corrected chi connectivity index (χ3v) is 4.92. The van der Waals surface area contributed by atoms with Gasteiger partial charge in [-0.15, -0.1) is 0 Å². The van der Waals surface area contributed by atoms with Gasteiger partial charge in [0.25, 0.3) is 0 Å². The highest BCUT2D eigenvalue weighted by atomic mass is 16.3.